The lowest BCUT2D eigenvalue weighted by Crippen LogP contribution is -1.78. The molecule has 0 aromatic heterocycles. The second kappa shape index (κ2) is 4.35. The Morgan fingerprint density at radius 1 is 1.36 bits per heavy atom. The van der Waals surface area contributed by atoms with E-state index in [1.54, 1.807) is 0 Å². The molecule has 58 valence electrons. The van der Waals surface area contributed by atoms with Gasteiger partial charge in [-0.2, -0.15) is 0 Å². The standard InChI is InChI=1S/C10H11Br/c1-2-9(8-11)10-6-4-3-5-7-10/h3-8H,2H2,1H3. The molecule has 1 aromatic rings. The molecule has 0 N–H and O–H groups in total. The summed E-state index contributed by atoms with van der Waals surface area (Å²) in [6.45, 7) is 2.15. The molecule has 0 unspecified atom stereocenters. The van der Waals surface area contributed by atoms with Crippen molar-refractivity contribution in [3.05, 3.63) is 40.9 Å². The van der Waals surface area contributed by atoms with Crippen LogP contribution in [0.5, 0.6) is 0 Å². The van der Waals surface area contributed by atoms with E-state index in [-0.39, 0.29) is 0 Å². The molecule has 0 saturated carbocycles. The highest BCUT2D eigenvalue weighted by Gasteiger charge is 1.94. The third-order valence-electron chi connectivity index (χ3n) is 1.66. The molecule has 0 bridgehead atoms. The number of allylic oxidation sites excluding steroid dienone is 1. The minimum atomic E-state index is 1.06. The van der Waals surface area contributed by atoms with Gasteiger partial charge in [-0.05, 0) is 22.5 Å². The molecule has 0 nitrogen and oxygen atoms in total. The topological polar surface area (TPSA) is 0 Å². The van der Waals surface area contributed by atoms with Crippen LogP contribution in [0.1, 0.15) is 18.9 Å². The highest BCUT2D eigenvalue weighted by molar-refractivity contribution is 9.11. The van der Waals surface area contributed by atoms with Crippen molar-refractivity contribution in [2.45, 2.75) is 13.3 Å². The highest BCUT2D eigenvalue weighted by atomic mass is 79.9. The summed E-state index contributed by atoms with van der Waals surface area (Å²) in [5.74, 6) is 0. The van der Waals surface area contributed by atoms with E-state index < -0.39 is 0 Å². The molecule has 1 heteroatoms. The van der Waals surface area contributed by atoms with Gasteiger partial charge in [-0.3, -0.25) is 0 Å². The fourth-order valence-corrected chi connectivity index (χ4v) is 1.58. The van der Waals surface area contributed by atoms with Crippen molar-refractivity contribution in [3.63, 3.8) is 0 Å². The fraction of sp³-hybridized carbons (Fsp3) is 0.200. The van der Waals surface area contributed by atoms with Crippen molar-refractivity contribution < 1.29 is 0 Å². The van der Waals surface area contributed by atoms with E-state index in [1.807, 2.05) is 11.1 Å². The third kappa shape index (κ3) is 2.19. The smallest absolute Gasteiger partial charge is 0.0151 e. The van der Waals surface area contributed by atoms with Crippen LogP contribution in [0.2, 0.25) is 0 Å². The van der Waals surface area contributed by atoms with Gasteiger partial charge in [0.15, 0.2) is 0 Å². The Balaban J connectivity index is 2.92. The lowest BCUT2D eigenvalue weighted by atomic mass is 10.1. The van der Waals surface area contributed by atoms with Gasteiger partial charge in [0.05, 0.1) is 0 Å². The molecule has 0 saturated heterocycles. The van der Waals surface area contributed by atoms with Crippen LogP contribution in [0.25, 0.3) is 5.57 Å². The lowest BCUT2D eigenvalue weighted by Gasteiger charge is -2.01. The fourth-order valence-electron chi connectivity index (χ4n) is 0.996. The Labute approximate surface area is 76.1 Å². The lowest BCUT2D eigenvalue weighted by molar-refractivity contribution is 1.24. The summed E-state index contributed by atoms with van der Waals surface area (Å²) in [4.78, 5) is 1.99. The molecule has 0 atom stereocenters. The SMILES string of the molecule is CCC(=CBr)c1ccccc1. The molecule has 0 aliphatic heterocycles. The molecule has 0 fully saturated rings. The zero-order chi connectivity index (χ0) is 8.10. The van der Waals surface area contributed by atoms with Crippen LogP contribution in [0.15, 0.2) is 35.3 Å². The second-order valence-electron chi connectivity index (χ2n) is 2.35. The Morgan fingerprint density at radius 2 is 2.00 bits per heavy atom. The van der Waals surface area contributed by atoms with Gasteiger partial charge in [0.2, 0.25) is 0 Å². The number of hydrogen-bond donors (Lipinski definition) is 0. The van der Waals surface area contributed by atoms with E-state index in [2.05, 4.69) is 47.1 Å². The zero-order valence-corrected chi connectivity index (χ0v) is 8.14. The number of rotatable bonds is 2. The Morgan fingerprint density at radius 3 is 2.45 bits per heavy atom. The third-order valence-corrected chi connectivity index (χ3v) is 2.21. The summed E-state index contributed by atoms with van der Waals surface area (Å²) in [5.41, 5.74) is 2.64. The van der Waals surface area contributed by atoms with Crippen molar-refractivity contribution in [2.75, 3.05) is 0 Å². The molecule has 0 amide bonds. The van der Waals surface area contributed by atoms with E-state index in [0.29, 0.717) is 0 Å². The summed E-state index contributed by atoms with van der Waals surface area (Å²) >= 11 is 3.35. The Kier molecular flexibility index (Phi) is 3.37. The second-order valence-corrected chi connectivity index (χ2v) is 2.81. The predicted molar refractivity (Wildman–Crippen MR) is 53.6 cm³/mol. The van der Waals surface area contributed by atoms with Crippen molar-refractivity contribution in [2.24, 2.45) is 0 Å². The quantitative estimate of drug-likeness (QED) is 0.697. The summed E-state index contributed by atoms with van der Waals surface area (Å²) in [7, 11) is 0. The van der Waals surface area contributed by atoms with Crippen molar-refractivity contribution >= 4 is 21.5 Å². The summed E-state index contributed by atoms with van der Waals surface area (Å²) in [6.07, 6.45) is 1.06. The van der Waals surface area contributed by atoms with Gasteiger partial charge >= 0.3 is 0 Å². The average Bonchev–Trinajstić information content (AvgIpc) is 2.09. The van der Waals surface area contributed by atoms with Crippen molar-refractivity contribution in [3.8, 4) is 0 Å². The number of halogens is 1. The van der Waals surface area contributed by atoms with E-state index in [4.69, 9.17) is 0 Å². The molecule has 1 aromatic carbocycles. The van der Waals surface area contributed by atoms with Crippen LogP contribution in [0.3, 0.4) is 0 Å². The van der Waals surface area contributed by atoms with E-state index in [0.717, 1.165) is 6.42 Å². The maximum Gasteiger partial charge on any atom is -0.0151 e. The number of hydrogen-bond acceptors (Lipinski definition) is 0. The molecule has 11 heavy (non-hydrogen) atoms. The Hall–Kier alpha value is -0.560. The summed E-state index contributed by atoms with van der Waals surface area (Å²) < 4.78 is 0. The van der Waals surface area contributed by atoms with Gasteiger partial charge in [-0.15, -0.1) is 0 Å². The average molecular weight is 211 g/mol. The molecule has 0 radical (unpaired) electrons. The first kappa shape index (κ1) is 8.54. The van der Waals surface area contributed by atoms with Gasteiger partial charge < -0.3 is 0 Å². The zero-order valence-electron chi connectivity index (χ0n) is 6.55. The van der Waals surface area contributed by atoms with Gasteiger partial charge in [0.25, 0.3) is 0 Å². The first-order chi connectivity index (χ1) is 5.38. The maximum absolute atomic E-state index is 3.35. The molecule has 0 aliphatic rings. The van der Waals surface area contributed by atoms with E-state index in [1.165, 1.54) is 11.1 Å². The van der Waals surface area contributed by atoms with Gasteiger partial charge in [0, 0.05) is 0 Å². The minimum absolute atomic E-state index is 1.06. The van der Waals surface area contributed by atoms with Crippen LogP contribution >= 0.6 is 15.9 Å². The van der Waals surface area contributed by atoms with Crippen LogP contribution in [0, 0.1) is 0 Å². The van der Waals surface area contributed by atoms with Gasteiger partial charge in [-0.1, -0.05) is 53.2 Å². The summed E-state index contributed by atoms with van der Waals surface area (Å²) in [5, 5.41) is 0. The highest BCUT2D eigenvalue weighted by Crippen LogP contribution is 2.18. The number of benzene rings is 1. The minimum Gasteiger partial charge on any atom is -0.0622 e. The van der Waals surface area contributed by atoms with E-state index in [9.17, 15) is 0 Å². The molecular weight excluding hydrogens is 200 g/mol. The van der Waals surface area contributed by atoms with Gasteiger partial charge in [-0.25, -0.2) is 0 Å². The monoisotopic (exact) mass is 210 g/mol. The van der Waals surface area contributed by atoms with Gasteiger partial charge in [0.1, 0.15) is 0 Å². The van der Waals surface area contributed by atoms with Crippen LogP contribution in [-0.2, 0) is 0 Å². The van der Waals surface area contributed by atoms with Crippen LogP contribution in [-0.4, -0.2) is 0 Å². The van der Waals surface area contributed by atoms with Crippen molar-refractivity contribution in [1.82, 2.24) is 0 Å². The molecule has 0 spiro atoms. The molecule has 0 aliphatic carbocycles. The molecular formula is C10H11Br. The molecule has 0 heterocycles. The normalized spacial score (nSPS) is 11.6. The molecule has 1 rings (SSSR count). The van der Waals surface area contributed by atoms with Crippen molar-refractivity contribution in [1.29, 1.82) is 0 Å². The first-order valence-electron chi connectivity index (χ1n) is 3.73. The van der Waals surface area contributed by atoms with E-state index >= 15 is 0 Å². The largest absolute Gasteiger partial charge is 0.0622 e. The first-order valence-corrected chi connectivity index (χ1v) is 4.64. The van der Waals surface area contributed by atoms with Crippen LogP contribution < -0.4 is 0 Å². The predicted octanol–water partition coefficient (Wildman–Crippen LogP) is 3.83. The van der Waals surface area contributed by atoms with Crippen LogP contribution in [0.4, 0.5) is 0 Å². The Bertz CT molecular complexity index is 236. The summed E-state index contributed by atoms with van der Waals surface area (Å²) in [6, 6.07) is 10.4. The maximum atomic E-state index is 3.35.